The molecule has 0 aliphatic carbocycles. The summed E-state index contributed by atoms with van der Waals surface area (Å²) in [5, 5.41) is 10.1. The van der Waals surface area contributed by atoms with Gasteiger partial charge in [0, 0.05) is 25.8 Å². The molecule has 6 nitrogen and oxygen atoms in total. The maximum absolute atomic E-state index is 10.1. The summed E-state index contributed by atoms with van der Waals surface area (Å²) in [6, 6.07) is 5.26. The Balaban J connectivity index is 2.17. The number of aliphatic hydroxyl groups is 1. The molecule has 0 radical (unpaired) electrons. The Morgan fingerprint density at radius 3 is 2.52 bits per heavy atom. The van der Waals surface area contributed by atoms with E-state index in [0.29, 0.717) is 18.9 Å². The van der Waals surface area contributed by atoms with Crippen molar-refractivity contribution in [2.45, 2.75) is 45.0 Å². The van der Waals surface area contributed by atoms with Crippen LogP contribution in [0.15, 0.2) is 24.4 Å². The summed E-state index contributed by atoms with van der Waals surface area (Å²) in [4.78, 5) is 13.9. The average molecular weight is 299 g/mol. The smallest absolute Gasteiger partial charge is 0.256 e. The van der Waals surface area contributed by atoms with E-state index >= 15 is 0 Å². The number of methoxy groups -OCH3 is 1. The third-order valence-electron chi connectivity index (χ3n) is 3.10. The highest BCUT2D eigenvalue weighted by Gasteiger charge is 2.23. The summed E-state index contributed by atoms with van der Waals surface area (Å²) in [6.07, 6.45) is 2.58. The van der Waals surface area contributed by atoms with E-state index in [9.17, 15) is 5.11 Å². The Bertz CT molecular complexity index is 394. The molecular formula is C15H25NO5. The lowest BCUT2D eigenvalue weighted by atomic mass is 10.1. The second-order valence-electron chi connectivity index (χ2n) is 5.56. The molecular weight excluding hydrogens is 274 g/mol. The van der Waals surface area contributed by atoms with Gasteiger partial charge in [0.2, 0.25) is 0 Å². The maximum Gasteiger partial charge on any atom is 0.256 e. The highest BCUT2D eigenvalue weighted by atomic mass is 17.2. The third-order valence-corrected chi connectivity index (χ3v) is 3.10. The molecule has 1 rings (SSSR count). The van der Waals surface area contributed by atoms with Crippen molar-refractivity contribution in [3.63, 3.8) is 0 Å². The Hall–Kier alpha value is -1.21. The van der Waals surface area contributed by atoms with Crippen molar-refractivity contribution in [3.05, 3.63) is 24.4 Å². The van der Waals surface area contributed by atoms with Crippen molar-refractivity contribution < 1.29 is 24.4 Å². The van der Waals surface area contributed by atoms with Gasteiger partial charge in [-0.15, -0.1) is 0 Å². The standard InChI is InChI=1S/C15H25NO5/c1-14(2,18-4)8-11-19-15(3,17)9-12-20-21-13-7-5-6-10-16-13/h5-7,10,17H,8-9,11-12H2,1-4H3. The summed E-state index contributed by atoms with van der Waals surface area (Å²) >= 11 is 0. The molecule has 1 atom stereocenters. The molecule has 0 amide bonds. The lowest BCUT2D eigenvalue weighted by Gasteiger charge is -2.27. The number of hydrogen-bond acceptors (Lipinski definition) is 6. The topological polar surface area (TPSA) is 70.0 Å². The number of ether oxygens (including phenoxy) is 2. The number of nitrogens with zero attached hydrogens (tertiary/aromatic N) is 1. The predicted molar refractivity (Wildman–Crippen MR) is 77.7 cm³/mol. The van der Waals surface area contributed by atoms with Crippen LogP contribution in [-0.4, -0.2) is 41.8 Å². The fraction of sp³-hybridized carbons (Fsp3) is 0.667. The van der Waals surface area contributed by atoms with Crippen LogP contribution in [0.3, 0.4) is 0 Å². The van der Waals surface area contributed by atoms with Gasteiger partial charge in [0.05, 0.1) is 18.8 Å². The molecule has 21 heavy (non-hydrogen) atoms. The predicted octanol–water partition coefficient (Wildman–Crippen LogP) is 2.32. The fourth-order valence-corrected chi connectivity index (χ4v) is 1.42. The van der Waals surface area contributed by atoms with Crippen molar-refractivity contribution in [2.75, 3.05) is 20.3 Å². The molecule has 1 unspecified atom stereocenters. The lowest BCUT2D eigenvalue weighted by Crippen LogP contribution is -2.33. The Kier molecular flexibility index (Phi) is 7.04. The zero-order valence-corrected chi connectivity index (χ0v) is 13.2. The molecule has 0 fully saturated rings. The highest BCUT2D eigenvalue weighted by molar-refractivity contribution is 5.07. The first-order valence-corrected chi connectivity index (χ1v) is 6.97. The van der Waals surface area contributed by atoms with Crippen LogP contribution >= 0.6 is 0 Å². The molecule has 0 saturated heterocycles. The first-order valence-electron chi connectivity index (χ1n) is 6.97. The summed E-state index contributed by atoms with van der Waals surface area (Å²) in [6.45, 7) is 6.12. The van der Waals surface area contributed by atoms with Gasteiger partial charge >= 0.3 is 0 Å². The SMILES string of the molecule is COC(C)(C)CCOC(C)(O)CCOOc1ccccn1. The number of hydrogen-bond donors (Lipinski definition) is 1. The first-order chi connectivity index (χ1) is 9.85. The maximum atomic E-state index is 10.1. The molecule has 0 spiro atoms. The molecule has 1 aromatic rings. The number of rotatable bonds is 10. The van der Waals surface area contributed by atoms with Crippen LogP contribution in [0.1, 0.15) is 33.6 Å². The molecule has 120 valence electrons. The second kappa shape index (κ2) is 8.29. The van der Waals surface area contributed by atoms with Gasteiger partial charge in [0.1, 0.15) is 0 Å². The van der Waals surface area contributed by atoms with E-state index in [1.807, 2.05) is 13.8 Å². The van der Waals surface area contributed by atoms with Crippen molar-refractivity contribution in [2.24, 2.45) is 0 Å². The molecule has 1 aromatic heterocycles. The van der Waals surface area contributed by atoms with Crippen LogP contribution in [0.2, 0.25) is 0 Å². The normalized spacial score (nSPS) is 14.7. The van der Waals surface area contributed by atoms with E-state index in [0.717, 1.165) is 0 Å². The van der Waals surface area contributed by atoms with E-state index in [2.05, 4.69) is 4.98 Å². The molecule has 0 aromatic carbocycles. The van der Waals surface area contributed by atoms with Crippen molar-refractivity contribution in [3.8, 4) is 5.88 Å². The molecule has 1 heterocycles. The Morgan fingerprint density at radius 2 is 1.90 bits per heavy atom. The molecule has 0 saturated carbocycles. The van der Waals surface area contributed by atoms with Crippen LogP contribution in [0.25, 0.3) is 0 Å². The summed E-state index contributed by atoms with van der Waals surface area (Å²) < 4.78 is 10.7. The van der Waals surface area contributed by atoms with Crippen LogP contribution in [-0.2, 0) is 14.4 Å². The number of aromatic nitrogens is 1. The van der Waals surface area contributed by atoms with E-state index in [4.69, 9.17) is 19.2 Å². The van der Waals surface area contributed by atoms with E-state index < -0.39 is 5.79 Å². The average Bonchev–Trinajstić information content (AvgIpc) is 2.44. The summed E-state index contributed by atoms with van der Waals surface area (Å²) in [5.74, 6) is -0.892. The highest BCUT2D eigenvalue weighted by Crippen LogP contribution is 2.17. The van der Waals surface area contributed by atoms with Gasteiger partial charge in [0.25, 0.3) is 5.88 Å². The fourth-order valence-electron chi connectivity index (χ4n) is 1.42. The van der Waals surface area contributed by atoms with Crippen molar-refractivity contribution in [1.82, 2.24) is 4.98 Å². The lowest BCUT2D eigenvalue weighted by molar-refractivity contribution is -0.250. The van der Waals surface area contributed by atoms with Crippen LogP contribution in [0.4, 0.5) is 0 Å². The molecule has 1 N–H and O–H groups in total. The third kappa shape index (κ3) is 7.96. The van der Waals surface area contributed by atoms with Gasteiger partial charge in [-0.25, -0.2) is 4.98 Å². The molecule has 0 aliphatic rings. The van der Waals surface area contributed by atoms with Gasteiger partial charge in [-0.1, -0.05) is 6.07 Å². The minimum absolute atomic E-state index is 0.192. The summed E-state index contributed by atoms with van der Waals surface area (Å²) in [5.41, 5.74) is -0.269. The van der Waals surface area contributed by atoms with E-state index in [1.165, 1.54) is 0 Å². The van der Waals surface area contributed by atoms with Crippen LogP contribution in [0.5, 0.6) is 5.88 Å². The zero-order chi connectivity index (χ0) is 15.8. The van der Waals surface area contributed by atoms with E-state index in [1.54, 1.807) is 38.4 Å². The summed E-state index contributed by atoms with van der Waals surface area (Å²) in [7, 11) is 1.65. The minimum atomic E-state index is -1.27. The quantitative estimate of drug-likeness (QED) is 0.309. The molecule has 6 heteroatoms. The molecule has 0 bridgehead atoms. The van der Waals surface area contributed by atoms with Crippen LogP contribution in [0, 0.1) is 0 Å². The monoisotopic (exact) mass is 299 g/mol. The first kappa shape index (κ1) is 17.8. The molecule has 0 aliphatic heterocycles. The van der Waals surface area contributed by atoms with Gasteiger partial charge in [0.15, 0.2) is 5.79 Å². The Morgan fingerprint density at radius 1 is 1.14 bits per heavy atom. The van der Waals surface area contributed by atoms with Crippen molar-refractivity contribution in [1.29, 1.82) is 0 Å². The zero-order valence-electron chi connectivity index (χ0n) is 13.2. The van der Waals surface area contributed by atoms with Crippen LogP contribution < -0.4 is 4.89 Å². The van der Waals surface area contributed by atoms with E-state index in [-0.39, 0.29) is 18.6 Å². The van der Waals surface area contributed by atoms with Crippen molar-refractivity contribution >= 4 is 0 Å². The number of pyridine rings is 1. The van der Waals surface area contributed by atoms with Gasteiger partial charge in [-0.05, 0) is 33.3 Å². The second-order valence-corrected chi connectivity index (χ2v) is 5.56. The van der Waals surface area contributed by atoms with Gasteiger partial charge < -0.3 is 19.5 Å². The Labute approximate surface area is 125 Å². The largest absolute Gasteiger partial charge is 0.379 e. The van der Waals surface area contributed by atoms with Gasteiger partial charge in [-0.3, -0.25) is 0 Å². The minimum Gasteiger partial charge on any atom is -0.379 e. The van der Waals surface area contributed by atoms with Gasteiger partial charge in [-0.2, -0.15) is 4.89 Å².